The van der Waals surface area contributed by atoms with Crippen LogP contribution < -0.4 is 5.32 Å². The van der Waals surface area contributed by atoms with Gasteiger partial charge in [0, 0.05) is 12.6 Å². The highest BCUT2D eigenvalue weighted by atomic mass is 32.2. The van der Waals surface area contributed by atoms with Gasteiger partial charge in [0.05, 0.1) is 16.7 Å². The predicted octanol–water partition coefficient (Wildman–Crippen LogP) is 3.63. The van der Waals surface area contributed by atoms with Gasteiger partial charge in [0.1, 0.15) is 5.82 Å². The first-order valence-corrected chi connectivity index (χ1v) is 8.57. The van der Waals surface area contributed by atoms with Gasteiger partial charge in [-0.15, -0.1) is 11.8 Å². The van der Waals surface area contributed by atoms with Gasteiger partial charge in [-0.1, -0.05) is 38.1 Å². The molecule has 0 spiro atoms. The number of carbonyl (C=O) groups is 1. The van der Waals surface area contributed by atoms with Crippen molar-refractivity contribution < 1.29 is 4.79 Å². The van der Waals surface area contributed by atoms with Gasteiger partial charge in [0.15, 0.2) is 0 Å². The second-order valence-electron chi connectivity index (χ2n) is 6.03. The fourth-order valence-electron chi connectivity index (χ4n) is 2.87. The van der Waals surface area contributed by atoms with E-state index in [1.807, 2.05) is 14.0 Å². The van der Waals surface area contributed by atoms with Crippen molar-refractivity contribution in [2.75, 3.05) is 11.1 Å². The molecule has 0 radical (unpaired) electrons. The maximum absolute atomic E-state index is 12.0. The monoisotopic (exact) mass is 315 g/mol. The van der Waals surface area contributed by atoms with E-state index in [1.54, 1.807) is 16.4 Å². The van der Waals surface area contributed by atoms with Crippen molar-refractivity contribution in [3.63, 3.8) is 0 Å². The first-order chi connectivity index (χ1) is 10.5. The van der Waals surface area contributed by atoms with Crippen molar-refractivity contribution in [2.45, 2.75) is 31.9 Å². The molecule has 1 atom stereocenters. The van der Waals surface area contributed by atoms with Crippen LogP contribution in [-0.2, 0) is 11.8 Å². The molecule has 1 aliphatic rings. The Labute approximate surface area is 135 Å². The van der Waals surface area contributed by atoms with E-state index in [-0.39, 0.29) is 11.2 Å². The molecule has 1 aromatic carbocycles. The van der Waals surface area contributed by atoms with Crippen LogP contribution in [0.1, 0.15) is 47.4 Å². The smallest absolute Gasteiger partial charge is 0.235 e. The molecule has 3 rings (SSSR count). The lowest BCUT2D eigenvalue weighted by Gasteiger charge is -2.16. The van der Waals surface area contributed by atoms with E-state index >= 15 is 0 Å². The predicted molar refractivity (Wildman–Crippen MR) is 91.4 cm³/mol. The molecule has 2 aromatic rings. The number of amides is 1. The number of carbonyl (C=O) groups excluding carboxylic acids is 1. The SMILES string of the molecule is Cc1nn(C)c2c1[C@H](c1ccc(C(C)C)cc1)SCC(=O)N2. The molecule has 0 saturated heterocycles. The molecule has 116 valence electrons. The quantitative estimate of drug-likeness (QED) is 0.920. The number of aryl methyl sites for hydroxylation is 2. The minimum absolute atomic E-state index is 0.0375. The number of nitrogens with zero attached hydrogens (tertiary/aromatic N) is 2. The Morgan fingerprint density at radius 2 is 2.00 bits per heavy atom. The first kappa shape index (κ1) is 15.2. The van der Waals surface area contributed by atoms with E-state index in [0.717, 1.165) is 17.1 Å². The van der Waals surface area contributed by atoms with Crippen molar-refractivity contribution in [3.05, 3.63) is 46.6 Å². The summed E-state index contributed by atoms with van der Waals surface area (Å²) in [6.07, 6.45) is 0. The van der Waals surface area contributed by atoms with Gasteiger partial charge in [-0.3, -0.25) is 9.48 Å². The van der Waals surface area contributed by atoms with Crippen LogP contribution in [0.25, 0.3) is 0 Å². The Kier molecular flexibility index (Phi) is 4.00. The summed E-state index contributed by atoms with van der Waals surface area (Å²) in [4.78, 5) is 12.0. The highest BCUT2D eigenvalue weighted by molar-refractivity contribution is 8.00. The summed E-state index contributed by atoms with van der Waals surface area (Å²) in [6.45, 7) is 6.40. The number of fused-ring (bicyclic) bond motifs is 1. The van der Waals surface area contributed by atoms with Crippen molar-refractivity contribution in [1.82, 2.24) is 9.78 Å². The van der Waals surface area contributed by atoms with Crippen molar-refractivity contribution in [2.24, 2.45) is 7.05 Å². The van der Waals surface area contributed by atoms with Crippen molar-refractivity contribution in [1.29, 1.82) is 0 Å². The van der Waals surface area contributed by atoms with E-state index in [2.05, 4.69) is 48.5 Å². The molecule has 5 heteroatoms. The van der Waals surface area contributed by atoms with Crippen molar-refractivity contribution >= 4 is 23.5 Å². The molecule has 22 heavy (non-hydrogen) atoms. The van der Waals surface area contributed by atoms with Crippen LogP contribution in [0.5, 0.6) is 0 Å². The van der Waals surface area contributed by atoms with Gasteiger partial charge in [-0.05, 0) is 24.0 Å². The average Bonchev–Trinajstić information content (AvgIpc) is 2.66. The summed E-state index contributed by atoms with van der Waals surface area (Å²) in [7, 11) is 1.88. The van der Waals surface area contributed by atoms with Crippen LogP contribution in [-0.4, -0.2) is 21.4 Å². The lowest BCUT2D eigenvalue weighted by molar-refractivity contribution is -0.113. The fourth-order valence-corrected chi connectivity index (χ4v) is 4.05. The lowest BCUT2D eigenvalue weighted by atomic mass is 9.98. The topological polar surface area (TPSA) is 46.9 Å². The molecule has 2 heterocycles. The highest BCUT2D eigenvalue weighted by Gasteiger charge is 2.29. The molecule has 1 aliphatic heterocycles. The molecule has 0 saturated carbocycles. The Bertz CT molecular complexity index is 703. The minimum Gasteiger partial charge on any atom is -0.310 e. The molecule has 0 unspecified atom stereocenters. The van der Waals surface area contributed by atoms with Gasteiger partial charge < -0.3 is 5.32 Å². The third-order valence-electron chi connectivity index (χ3n) is 4.08. The van der Waals surface area contributed by atoms with Gasteiger partial charge >= 0.3 is 0 Å². The largest absolute Gasteiger partial charge is 0.310 e. The maximum Gasteiger partial charge on any atom is 0.235 e. The van der Waals surface area contributed by atoms with Gasteiger partial charge in [0.25, 0.3) is 0 Å². The number of hydrogen-bond donors (Lipinski definition) is 1. The molecule has 0 fully saturated rings. The van der Waals surface area contributed by atoms with Crippen LogP contribution in [0.4, 0.5) is 5.82 Å². The highest BCUT2D eigenvalue weighted by Crippen LogP contribution is 2.43. The minimum atomic E-state index is 0.0375. The van der Waals surface area contributed by atoms with Crippen LogP contribution in [0.3, 0.4) is 0 Å². The summed E-state index contributed by atoms with van der Waals surface area (Å²) in [5.74, 6) is 1.85. The third kappa shape index (κ3) is 2.65. The molecule has 1 amide bonds. The normalized spacial score (nSPS) is 18.0. The summed E-state index contributed by atoms with van der Waals surface area (Å²) >= 11 is 1.66. The Morgan fingerprint density at radius 3 is 2.64 bits per heavy atom. The molecule has 0 bridgehead atoms. The molecular formula is C17H21N3OS. The number of anilines is 1. The number of nitrogens with one attached hydrogen (secondary N) is 1. The van der Waals surface area contributed by atoms with E-state index in [1.165, 1.54) is 11.1 Å². The number of rotatable bonds is 2. The molecule has 0 aliphatic carbocycles. The standard InChI is InChI=1S/C17H21N3OS/c1-10(2)12-5-7-13(8-6-12)16-15-11(3)19-20(4)17(15)18-14(21)9-22-16/h5-8,10,16H,9H2,1-4H3,(H,18,21)/t16-/m0/s1. The number of benzene rings is 1. The molecular weight excluding hydrogens is 294 g/mol. The molecule has 1 aromatic heterocycles. The van der Waals surface area contributed by atoms with Gasteiger partial charge in [-0.25, -0.2) is 0 Å². The van der Waals surface area contributed by atoms with Crippen LogP contribution >= 0.6 is 11.8 Å². The van der Waals surface area contributed by atoms with E-state index < -0.39 is 0 Å². The van der Waals surface area contributed by atoms with E-state index in [0.29, 0.717) is 11.7 Å². The summed E-state index contributed by atoms with van der Waals surface area (Å²) in [5, 5.41) is 7.60. The summed E-state index contributed by atoms with van der Waals surface area (Å²) in [6, 6.07) is 8.73. The Balaban J connectivity index is 2.05. The Hall–Kier alpha value is -1.75. The summed E-state index contributed by atoms with van der Waals surface area (Å²) < 4.78 is 1.77. The van der Waals surface area contributed by atoms with Gasteiger partial charge in [-0.2, -0.15) is 5.10 Å². The van der Waals surface area contributed by atoms with Gasteiger partial charge in [0.2, 0.25) is 5.91 Å². The Morgan fingerprint density at radius 1 is 1.32 bits per heavy atom. The van der Waals surface area contributed by atoms with Crippen LogP contribution in [0, 0.1) is 6.92 Å². The first-order valence-electron chi connectivity index (χ1n) is 7.52. The van der Waals surface area contributed by atoms with Crippen LogP contribution in [0.15, 0.2) is 24.3 Å². The zero-order chi connectivity index (χ0) is 15.9. The van der Waals surface area contributed by atoms with E-state index in [9.17, 15) is 4.79 Å². The summed E-state index contributed by atoms with van der Waals surface area (Å²) in [5.41, 5.74) is 4.66. The number of aromatic nitrogens is 2. The maximum atomic E-state index is 12.0. The molecule has 1 N–H and O–H groups in total. The lowest BCUT2D eigenvalue weighted by Crippen LogP contribution is -2.15. The second kappa shape index (κ2) is 5.80. The zero-order valence-corrected chi connectivity index (χ0v) is 14.2. The van der Waals surface area contributed by atoms with Crippen molar-refractivity contribution in [3.8, 4) is 0 Å². The average molecular weight is 315 g/mol. The zero-order valence-electron chi connectivity index (χ0n) is 13.4. The second-order valence-corrected chi connectivity index (χ2v) is 7.13. The molecule has 4 nitrogen and oxygen atoms in total. The fraction of sp³-hybridized carbons (Fsp3) is 0.412. The number of hydrogen-bond acceptors (Lipinski definition) is 3. The van der Waals surface area contributed by atoms with Crippen LogP contribution in [0.2, 0.25) is 0 Å². The number of thioether (sulfide) groups is 1. The van der Waals surface area contributed by atoms with E-state index in [4.69, 9.17) is 0 Å². The third-order valence-corrected chi connectivity index (χ3v) is 5.35.